The Hall–Kier alpha value is -0.850. The topological polar surface area (TPSA) is 12.0 Å². The van der Waals surface area contributed by atoms with Gasteiger partial charge in [-0.05, 0) is 47.6 Å². The Morgan fingerprint density at radius 3 is 2.42 bits per heavy atom. The number of thiophene rings is 1. The van der Waals surface area contributed by atoms with Crippen LogP contribution in [0.2, 0.25) is 0 Å². The van der Waals surface area contributed by atoms with Gasteiger partial charge in [0.2, 0.25) is 0 Å². The van der Waals surface area contributed by atoms with Gasteiger partial charge in [0.1, 0.15) is 0 Å². The van der Waals surface area contributed by atoms with Crippen LogP contribution >= 0.6 is 27.3 Å². The van der Waals surface area contributed by atoms with Gasteiger partial charge in [0.25, 0.3) is 0 Å². The van der Waals surface area contributed by atoms with Crippen molar-refractivity contribution in [2.75, 3.05) is 7.05 Å². The molecular formula is C13H11BrF3NS. The molecule has 1 unspecified atom stereocenters. The van der Waals surface area contributed by atoms with Gasteiger partial charge in [-0.2, -0.15) is 0 Å². The van der Waals surface area contributed by atoms with Gasteiger partial charge in [-0.25, -0.2) is 13.2 Å². The molecule has 0 spiro atoms. The SMILES string of the molecule is CNC(c1cc(C)c(Br)s1)c1ccc(F)c(F)c1F. The Labute approximate surface area is 121 Å². The summed E-state index contributed by atoms with van der Waals surface area (Å²) >= 11 is 4.83. The van der Waals surface area contributed by atoms with Crippen molar-refractivity contribution >= 4 is 27.3 Å². The number of halogens is 4. The second-order valence-corrected chi connectivity index (χ2v) is 6.49. The second-order valence-electron chi connectivity index (χ2n) is 4.09. The highest BCUT2D eigenvalue weighted by molar-refractivity contribution is 9.11. The van der Waals surface area contributed by atoms with E-state index in [-0.39, 0.29) is 5.56 Å². The van der Waals surface area contributed by atoms with Crippen LogP contribution in [0.3, 0.4) is 0 Å². The van der Waals surface area contributed by atoms with Crippen molar-refractivity contribution < 1.29 is 13.2 Å². The van der Waals surface area contributed by atoms with Gasteiger partial charge in [0, 0.05) is 10.4 Å². The predicted molar refractivity (Wildman–Crippen MR) is 74.0 cm³/mol. The lowest BCUT2D eigenvalue weighted by molar-refractivity contribution is 0.435. The lowest BCUT2D eigenvalue weighted by Gasteiger charge is -2.16. The Morgan fingerprint density at radius 2 is 1.89 bits per heavy atom. The number of aryl methyl sites for hydroxylation is 1. The van der Waals surface area contributed by atoms with E-state index in [2.05, 4.69) is 21.2 Å². The Kier molecular flexibility index (Phi) is 4.32. The molecule has 102 valence electrons. The molecule has 0 fully saturated rings. The molecule has 0 amide bonds. The molecule has 2 aromatic rings. The highest BCUT2D eigenvalue weighted by Crippen LogP contribution is 2.35. The molecule has 0 saturated carbocycles. The minimum atomic E-state index is -1.44. The molecule has 1 atom stereocenters. The first-order chi connectivity index (χ1) is 8.95. The summed E-state index contributed by atoms with van der Waals surface area (Å²) in [7, 11) is 1.65. The zero-order chi connectivity index (χ0) is 14.2. The van der Waals surface area contributed by atoms with E-state index in [1.54, 1.807) is 7.05 Å². The minimum absolute atomic E-state index is 0.0927. The number of hydrogen-bond acceptors (Lipinski definition) is 2. The smallest absolute Gasteiger partial charge is 0.194 e. The zero-order valence-electron chi connectivity index (χ0n) is 10.2. The van der Waals surface area contributed by atoms with E-state index in [4.69, 9.17) is 0 Å². The molecule has 0 aliphatic rings. The number of rotatable bonds is 3. The van der Waals surface area contributed by atoms with Crippen LogP contribution < -0.4 is 5.32 Å². The quantitative estimate of drug-likeness (QED) is 0.801. The fraction of sp³-hybridized carbons (Fsp3) is 0.231. The Bertz CT molecular complexity index is 593. The third kappa shape index (κ3) is 2.70. The molecule has 1 aromatic carbocycles. The molecule has 6 heteroatoms. The lowest BCUT2D eigenvalue weighted by atomic mass is 10.0. The summed E-state index contributed by atoms with van der Waals surface area (Å²) in [4.78, 5) is 0.830. The predicted octanol–water partition coefficient (Wildman–Crippen LogP) is 4.55. The maximum absolute atomic E-state index is 13.8. The Balaban J connectivity index is 2.51. The maximum Gasteiger partial charge on any atom is 0.194 e. The van der Waals surface area contributed by atoms with E-state index in [0.717, 1.165) is 20.3 Å². The highest BCUT2D eigenvalue weighted by atomic mass is 79.9. The first-order valence-corrected chi connectivity index (χ1v) is 7.13. The van der Waals surface area contributed by atoms with E-state index < -0.39 is 23.5 Å². The fourth-order valence-corrected chi connectivity index (χ4v) is 3.54. The van der Waals surface area contributed by atoms with Gasteiger partial charge in [0.05, 0.1) is 9.83 Å². The van der Waals surface area contributed by atoms with Gasteiger partial charge < -0.3 is 5.32 Å². The monoisotopic (exact) mass is 349 g/mol. The van der Waals surface area contributed by atoms with Gasteiger partial charge in [-0.3, -0.25) is 0 Å². The first kappa shape index (κ1) is 14.6. The summed E-state index contributed by atoms with van der Waals surface area (Å²) in [5, 5.41) is 2.92. The molecule has 2 rings (SSSR count). The number of hydrogen-bond donors (Lipinski definition) is 1. The van der Waals surface area contributed by atoms with Crippen molar-refractivity contribution in [2.24, 2.45) is 0 Å². The van der Waals surface area contributed by atoms with E-state index in [1.807, 2.05) is 13.0 Å². The molecule has 1 nitrogen and oxygen atoms in total. The summed E-state index contributed by atoms with van der Waals surface area (Å²) in [6.07, 6.45) is 0. The molecule has 0 aliphatic carbocycles. The third-order valence-corrected chi connectivity index (χ3v) is 5.03. The van der Waals surface area contributed by atoms with Crippen LogP contribution in [0.4, 0.5) is 13.2 Å². The van der Waals surface area contributed by atoms with Crippen LogP contribution in [-0.4, -0.2) is 7.05 Å². The molecule has 0 bridgehead atoms. The third-order valence-electron chi connectivity index (χ3n) is 2.83. The van der Waals surface area contributed by atoms with Crippen LogP contribution in [0.5, 0.6) is 0 Å². The average Bonchev–Trinajstić information content (AvgIpc) is 2.70. The Morgan fingerprint density at radius 1 is 1.21 bits per heavy atom. The van der Waals surface area contributed by atoms with E-state index >= 15 is 0 Å². The van der Waals surface area contributed by atoms with Crippen LogP contribution in [0, 0.1) is 24.4 Å². The van der Waals surface area contributed by atoms with Crippen molar-refractivity contribution in [1.29, 1.82) is 0 Å². The molecule has 0 saturated heterocycles. The standard InChI is InChI=1S/C13H11BrF3NS/c1-6-5-9(19-13(6)14)12(18-2)7-3-4-8(15)11(17)10(7)16/h3-5,12,18H,1-2H3. The van der Waals surface area contributed by atoms with Crippen molar-refractivity contribution in [3.05, 3.63) is 55.4 Å². The number of nitrogens with one attached hydrogen (secondary N) is 1. The van der Waals surface area contributed by atoms with Crippen molar-refractivity contribution in [2.45, 2.75) is 13.0 Å². The number of benzene rings is 1. The molecule has 1 heterocycles. The maximum atomic E-state index is 13.8. The molecule has 1 aromatic heterocycles. The second kappa shape index (κ2) is 5.64. The largest absolute Gasteiger partial charge is 0.309 e. The summed E-state index contributed by atoms with van der Waals surface area (Å²) in [5.74, 6) is -3.77. The molecule has 1 N–H and O–H groups in total. The van der Waals surface area contributed by atoms with Gasteiger partial charge in [-0.15, -0.1) is 11.3 Å². The molecule has 19 heavy (non-hydrogen) atoms. The highest BCUT2D eigenvalue weighted by Gasteiger charge is 2.22. The molecule has 0 radical (unpaired) electrons. The van der Waals surface area contributed by atoms with Crippen molar-refractivity contribution in [3.8, 4) is 0 Å². The van der Waals surface area contributed by atoms with Crippen LogP contribution in [-0.2, 0) is 0 Å². The van der Waals surface area contributed by atoms with Crippen molar-refractivity contribution in [3.63, 3.8) is 0 Å². The fourth-order valence-electron chi connectivity index (χ4n) is 1.84. The van der Waals surface area contributed by atoms with Crippen LogP contribution in [0.25, 0.3) is 0 Å². The first-order valence-electron chi connectivity index (χ1n) is 5.52. The summed E-state index contributed by atoms with van der Waals surface area (Å²) in [5.41, 5.74) is 1.11. The van der Waals surface area contributed by atoms with Gasteiger partial charge in [-0.1, -0.05) is 6.07 Å². The van der Waals surface area contributed by atoms with E-state index in [9.17, 15) is 13.2 Å². The van der Waals surface area contributed by atoms with Gasteiger partial charge >= 0.3 is 0 Å². The van der Waals surface area contributed by atoms with Crippen molar-refractivity contribution in [1.82, 2.24) is 5.32 Å². The molecular weight excluding hydrogens is 339 g/mol. The summed E-state index contributed by atoms with van der Waals surface area (Å²) in [6, 6.07) is 3.58. The molecule has 0 aliphatic heterocycles. The average molecular weight is 350 g/mol. The normalized spacial score (nSPS) is 12.7. The minimum Gasteiger partial charge on any atom is -0.309 e. The zero-order valence-corrected chi connectivity index (χ0v) is 12.6. The van der Waals surface area contributed by atoms with E-state index in [1.165, 1.54) is 17.4 Å². The van der Waals surface area contributed by atoms with Crippen LogP contribution in [0.1, 0.15) is 22.0 Å². The van der Waals surface area contributed by atoms with E-state index in [0.29, 0.717) is 0 Å². The summed E-state index contributed by atoms with van der Waals surface area (Å²) < 4.78 is 41.0. The van der Waals surface area contributed by atoms with Crippen LogP contribution in [0.15, 0.2) is 22.0 Å². The van der Waals surface area contributed by atoms with Gasteiger partial charge in [0.15, 0.2) is 17.5 Å². The lowest BCUT2D eigenvalue weighted by Crippen LogP contribution is -2.18. The summed E-state index contributed by atoms with van der Waals surface area (Å²) in [6.45, 7) is 1.92.